The number of amides is 1. The summed E-state index contributed by atoms with van der Waals surface area (Å²) in [5, 5.41) is 0. The molecule has 0 saturated carbocycles. The maximum atomic E-state index is 11.8. The van der Waals surface area contributed by atoms with Crippen molar-refractivity contribution in [3.05, 3.63) is 23.8 Å². The van der Waals surface area contributed by atoms with Crippen LogP contribution in [-0.4, -0.2) is 18.6 Å². The van der Waals surface area contributed by atoms with E-state index in [0.29, 0.717) is 13.0 Å². The molecule has 1 saturated heterocycles. The van der Waals surface area contributed by atoms with Crippen molar-refractivity contribution in [2.45, 2.75) is 25.8 Å². The lowest BCUT2D eigenvalue weighted by Crippen LogP contribution is -2.40. The Hall–Kier alpha value is -1.51. The number of aryl methyl sites for hydroxylation is 1. The van der Waals surface area contributed by atoms with Crippen LogP contribution < -0.4 is 9.64 Å². The van der Waals surface area contributed by atoms with Crippen molar-refractivity contribution in [3.63, 3.8) is 0 Å². The summed E-state index contributed by atoms with van der Waals surface area (Å²) in [6.45, 7) is 2.67. The lowest BCUT2D eigenvalue weighted by molar-refractivity contribution is -0.117. The van der Waals surface area contributed by atoms with Crippen molar-refractivity contribution >= 4 is 11.6 Å². The molecule has 2 heterocycles. The minimum Gasteiger partial charge on any atom is -0.489 e. The third-order valence-electron chi connectivity index (χ3n) is 3.13. The van der Waals surface area contributed by atoms with Gasteiger partial charge in [-0.15, -0.1) is 0 Å². The van der Waals surface area contributed by atoms with Gasteiger partial charge in [0.2, 0.25) is 5.91 Å². The van der Waals surface area contributed by atoms with E-state index in [0.717, 1.165) is 23.4 Å². The highest BCUT2D eigenvalue weighted by Gasteiger charge is 2.37. The third-order valence-corrected chi connectivity index (χ3v) is 3.13. The molecule has 15 heavy (non-hydrogen) atoms. The Balaban J connectivity index is 2.12. The summed E-state index contributed by atoms with van der Waals surface area (Å²) in [7, 11) is 0. The van der Waals surface area contributed by atoms with E-state index in [4.69, 9.17) is 4.74 Å². The second-order valence-electron chi connectivity index (χ2n) is 4.24. The number of hydrogen-bond acceptors (Lipinski definition) is 2. The number of carbonyl (C=O) groups excluding carboxylic acids is 1. The van der Waals surface area contributed by atoms with Crippen LogP contribution in [0.15, 0.2) is 18.2 Å². The highest BCUT2D eigenvalue weighted by Crippen LogP contribution is 2.38. The molecule has 0 bridgehead atoms. The van der Waals surface area contributed by atoms with Crippen LogP contribution in [0.2, 0.25) is 0 Å². The minimum atomic E-state index is 0.232. The molecular formula is C12H13NO2. The van der Waals surface area contributed by atoms with E-state index in [1.54, 1.807) is 0 Å². The molecule has 1 atom stereocenters. The molecule has 0 spiro atoms. The highest BCUT2D eigenvalue weighted by molar-refractivity contribution is 5.98. The van der Waals surface area contributed by atoms with Crippen molar-refractivity contribution in [3.8, 4) is 5.75 Å². The quantitative estimate of drug-likeness (QED) is 0.644. The predicted octanol–water partition coefficient (Wildman–Crippen LogP) is 1.88. The second kappa shape index (κ2) is 2.99. The molecule has 2 aliphatic heterocycles. The molecule has 0 aliphatic carbocycles. The molecule has 78 valence electrons. The molecule has 2 aliphatic rings. The topological polar surface area (TPSA) is 29.5 Å². The van der Waals surface area contributed by atoms with Gasteiger partial charge in [-0.05, 0) is 31.0 Å². The number of carbonyl (C=O) groups is 1. The summed E-state index contributed by atoms with van der Waals surface area (Å²) < 4.78 is 5.65. The van der Waals surface area contributed by atoms with Crippen molar-refractivity contribution in [2.24, 2.45) is 0 Å². The van der Waals surface area contributed by atoms with Crippen molar-refractivity contribution < 1.29 is 9.53 Å². The Morgan fingerprint density at radius 3 is 3.20 bits per heavy atom. The van der Waals surface area contributed by atoms with Crippen LogP contribution in [-0.2, 0) is 4.79 Å². The van der Waals surface area contributed by atoms with Crippen LogP contribution in [0.3, 0.4) is 0 Å². The van der Waals surface area contributed by atoms with Crippen molar-refractivity contribution in [1.82, 2.24) is 0 Å². The number of nitrogens with zero attached hydrogens (tertiary/aromatic N) is 1. The zero-order valence-electron chi connectivity index (χ0n) is 8.69. The number of benzene rings is 1. The van der Waals surface area contributed by atoms with Crippen LogP contribution in [0.25, 0.3) is 0 Å². The number of ether oxygens (including phenoxy) is 1. The molecule has 1 fully saturated rings. The zero-order valence-corrected chi connectivity index (χ0v) is 8.69. The monoisotopic (exact) mass is 203 g/mol. The zero-order chi connectivity index (χ0) is 10.4. The van der Waals surface area contributed by atoms with Gasteiger partial charge in [0.1, 0.15) is 12.4 Å². The number of hydrogen-bond donors (Lipinski definition) is 0. The summed E-state index contributed by atoms with van der Waals surface area (Å²) >= 11 is 0. The Kier molecular flexibility index (Phi) is 1.75. The largest absolute Gasteiger partial charge is 0.489 e. The average Bonchev–Trinajstić information content (AvgIpc) is 2.60. The number of fused-ring (bicyclic) bond motifs is 3. The SMILES string of the molecule is Cc1ccc2c(c1)N1C(=O)CCC1CO2. The summed E-state index contributed by atoms with van der Waals surface area (Å²) in [6.07, 6.45) is 1.58. The first-order chi connectivity index (χ1) is 7.25. The van der Waals surface area contributed by atoms with E-state index in [1.807, 2.05) is 30.0 Å². The van der Waals surface area contributed by atoms with Crippen LogP contribution in [0.4, 0.5) is 5.69 Å². The van der Waals surface area contributed by atoms with Gasteiger partial charge in [0.15, 0.2) is 0 Å². The maximum Gasteiger partial charge on any atom is 0.227 e. The fraction of sp³-hybridized carbons (Fsp3) is 0.417. The molecule has 3 rings (SSSR count). The van der Waals surface area contributed by atoms with Crippen LogP contribution >= 0.6 is 0 Å². The van der Waals surface area contributed by atoms with Crippen molar-refractivity contribution in [1.29, 1.82) is 0 Å². The highest BCUT2D eigenvalue weighted by atomic mass is 16.5. The third kappa shape index (κ3) is 1.23. The van der Waals surface area contributed by atoms with Gasteiger partial charge in [0.25, 0.3) is 0 Å². The summed E-state index contributed by atoms with van der Waals surface area (Å²) in [5.41, 5.74) is 2.12. The lowest BCUT2D eigenvalue weighted by Gasteiger charge is -2.32. The van der Waals surface area contributed by atoms with E-state index in [9.17, 15) is 4.79 Å². The first-order valence-electron chi connectivity index (χ1n) is 5.31. The van der Waals surface area contributed by atoms with Gasteiger partial charge in [0, 0.05) is 6.42 Å². The van der Waals surface area contributed by atoms with E-state index in [-0.39, 0.29) is 11.9 Å². The smallest absolute Gasteiger partial charge is 0.227 e. The van der Waals surface area contributed by atoms with E-state index in [1.165, 1.54) is 0 Å². The molecule has 0 N–H and O–H groups in total. The van der Waals surface area contributed by atoms with E-state index >= 15 is 0 Å². The van der Waals surface area contributed by atoms with Gasteiger partial charge in [-0.25, -0.2) is 0 Å². The van der Waals surface area contributed by atoms with Gasteiger partial charge in [-0.2, -0.15) is 0 Å². The van der Waals surface area contributed by atoms with Gasteiger partial charge >= 0.3 is 0 Å². The first-order valence-corrected chi connectivity index (χ1v) is 5.31. The molecule has 1 aromatic carbocycles. The maximum absolute atomic E-state index is 11.8. The first kappa shape index (κ1) is 8.77. The molecule has 0 radical (unpaired) electrons. The summed E-state index contributed by atoms with van der Waals surface area (Å²) in [6, 6.07) is 6.25. The Labute approximate surface area is 88.6 Å². The Morgan fingerprint density at radius 2 is 2.33 bits per heavy atom. The van der Waals surface area contributed by atoms with Gasteiger partial charge in [-0.1, -0.05) is 6.07 Å². The van der Waals surface area contributed by atoms with Crippen LogP contribution in [0.1, 0.15) is 18.4 Å². The summed E-state index contributed by atoms with van der Waals surface area (Å²) in [5.74, 6) is 1.07. The average molecular weight is 203 g/mol. The van der Waals surface area contributed by atoms with E-state index in [2.05, 4.69) is 0 Å². The standard InChI is InChI=1S/C12H13NO2/c1-8-2-4-11-10(6-8)13-9(7-15-11)3-5-12(13)14/h2,4,6,9H,3,5,7H2,1H3. The predicted molar refractivity (Wildman–Crippen MR) is 57.2 cm³/mol. The molecular weight excluding hydrogens is 190 g/mol. The van der Waals surface area contributed by atoms with Gasteiger partial charge in [0.05, 0.1) is 11.7 Å². The second-order valence-corrected chi connectivity index (χ2v) is 4.24. The minimum absolute atomic E-state index is 0.232. The van der Waals surface area contributed by atoms with Gasteiger partial charge < -0.3 is 9.64 Å². The number of rotatable bonds is 0. The Bertz CT molecular complexity index is 428. The normalized spacial score (nSPS) is 23.4. The molecule has 1 amide bonds. The van der Waals surface area contributed by atoms with Gasteiger partial charge in [-0.3, -0.25) is 4.79 Å². The molecule has 3 heteroatoms. The number of anilines is 1. The molecule has 1 aromatic rings. The fourth-order valence-corrected chi connectivity index (χ4v) is 2.36. The molecule has 0 aromatic heterocycles. The summed E-state index contributed by atoms with van der Waals surface area (Å²) in [4.78, 5) is 13.7. The van der Waals surface area contributed by atoms with E-state index < -0.39 is 0 Å². The van der Waals surface area contributed by atoms with Crippen LogP contribution in [0.5, 0.6) is 5.75 Å². The molecule has 1 unspecified atom stereocenters. The Morgan fingerprint density at radius 1 is 1.47 bits per heavy atom. The van der Waals surface area contributed by atoms with Crippen LogP contribution in [0, 0.1) is 6.92 Å². The molecule has 3 nitrogen and oxygen atoms in total. The van der Waals surface area contributed by atoms with Crippen molar-refractivity contribution in [2.75, 3.05) is 11.5 Å². The lowest BCUT2D eigenvalue weighted by atomic mass is 10.1. The fourth-order valence-electron chi connectivity index (χ4n) is 2.36.